The molecule has 0 heterocycles. The van der Waals surface area contributed by atoms with Gasteiger partial charge in [0.15, 0.2) is 0 Å². The molecular weight excluding hydrogens is 530 g/mol. The van der Waals surface area contributed by atoms with Gasteiger partial charge in [-0.3, -0.25) is 9.79 Å². The van der Waals surface area contributed by atoms with Crippen LogP contribution in [-0.4, -0.2) is 25.4 Å². The van der Waals surface area contributed by atoms with E-state index < -0.39 is 0 Å². The number of hydrogen-bond donors (Lipinski definition) is 0. The molecule has 0 aromatic heterocycles. The molecule has 0 aliphatic heterocycles. The highest BCUT2D eigenvalue weighted by Gasteiger charge is 2.12. The maximum absolute atomic E-state index is 12.1. The number of esters is 1. The van der Waals surface area contributed by atoms with E-state index >= 15 is 0 Å². The third kappa shape index (κ3) is 16.0. The Hall–Kier alpha value is -2.88. The molecule has 0 unspecified atom stereocenters. The summed E-state index contributed by atoms with van der Waals surface area (Å²) < 4.78 is 11.1. The van der Waals surface area contributed by atoms with E-state index in [2.05, 4.69) is 65.0 Å². The van der Waals surface area contributed by atoms with E-state index in [4.69, 9.17) is 14.5 Å². The van der Waals surface area contributed by atoms with Crippen LogP contribution in [0.3, 0.4) is 0 Å². The van der Waals surface area contributed by atoms with Crippen LogP contribution in [0.15, 0.2) is 59.6 Å². The van der Waals surface area contributed by atoms with Crippen LogP contribution in [0, 0.1) is 0 Å². The predicted molar refractivity (Wildman–Crippen MR) is 184 cm³/mol. The Morgan fingerprint density at radius 2 is 1.28 bits per heavy atom. The summed E-state index contributed by atoms with van der Waals surface area (Å²) in [5, 5.41) is 0. The molecule has 2 aromatic rings. The Kier molecular flexibility index (Phi) is 19.1. The average molecular weight is 590 g/mol. The number of allylic oxidation sites excluding steroid dienone is 2. The van der Waals surface area contributed by atoms with Crippen molar-refractivity contribution in [3.8, 4) is 5.75 Å². The molecule has 0 aliphatic rings. The lowest BCUT2D eigenvalue weighted by Crippen LogP contribution is -2.12. The number of para-hydroxylation sites is 1. The van der Waals surface area contributed by atoms with Crippen molar-refractivity contribution in [1.82, 2.24) is 0 Å². The van der Waals surface area contributed by atoms with Gasteiger partial charge in [0.25, 0.3) is 0 Å². The smallest absolute Gasteiger partial charge is 0.305 e. The minimum absolute atomic E-state index is 0.129. The van der Waals surface area contributed by atoms with Gasteiger partial charge >= 0.3 is 5.97 Å². The second-order valence-electron chi connectivity index (χ2n) is 12.3. The molecule has 2 aromatic carbocycles. The second kappa shape index (κ2) is 22.6. The number of carbonyl (C=O) groups is 1. The number of aliphatic imine (C=N–C) groups is 1. The number of carbonyl (C=O) groups excluding carboxylic acids is 1. The van der Waals surface area contributed by atoms with E-state index in [-0.39, 0.29) is 12.6 Å². The highest BCUT2D eigenvalue weighted by atomic mass is 16.6. The van der Waals surface area contributed by atoms with Gasteiger partial charge in [0.1, 0.15) is 19.0 Å². The first kappa shape index (κ1) is 36.3. The molecule has 2 rings (SSSR count). The maximum Gasteiger partial charge on any atom is 0.305 e. The second-order valence-corrected chi connectivity index (χ2v) is 12.3. The van der Waals surface area contributed by atoms with E-state index in [1.165, 1.54) is 81.8 Å². The van der Waals surface area contributed by atoms with Gasteiger partial charge in [-0.25, -0.2) is 0 Å². The van der Waals surface area contributed by atoms with Crippen LogP contribution in [0.4, 0.5) is 5.69 Å². The molecule has 238 valence electrons. The zero-order chi connectivity index (χ0) is 31.1. The zero-order valence-corrected chi connectivity index (χ0v) is 27.9. The monoisotopic (exact) mass is 589 g/mol. The lowest BCUT2D eigenvalue weighted by Gasteiger charge is -2.16. The molecule has 0 N–H and O–H groups in total. The molecule has 43 heavy (non-hydrogen) atoms. The van der Waals surface area contributed by atoms with Crippen LogP contribution in [0.1, 0.15) is 153 Å². The van der Waals surface area contributed by atoms with Crippen molar-refractivity contribution in [2.75, 3.05) is 13.2 Å². The van der Waals surface area contributed by atoms with Crippen molar-refractivity contribution >= 4 is 17.9 Å². The number of benzene rings is 2. The largest absolute Gasteiger partial charge is 0.490 e. The fraction of sp³-hybridized carbons (Fsp3) is 0.590. The van der Waals surface area contributed by atoms with Gasteiger partial charge in [0.05, 0.1) is 5.69 Å². The quantitative estimate of drug-likeness (QED) is 0.0560. The Morgan fingerprint density at radius 1 is 0.721 bits per heavy atom. The van der Waals surface area contributed by atoms with Crippen LogP contribution < -0.4 is 4.74 Å². The molecule has 0 saturated carbocycles. The summed E-state index contributed by atoms with van der Waals surface area (Å²) in [5.74, 6) is 1.46. The van der Waals surface area contributed by atoms with Crippen LogP contribution >= 0.6 is 0 Å². The summed E-state index contributed by atoms with van der Waals surface area (Å²) in [7, 11) is 0. The predicted octanol–water partition coefficient (Wildman–Crippen LogP) is 11.6. The molecule has 4 heteroatoms. The van der Waals surface area contributed by atoms with Crippen LogP contribution in [0.25, 0.3) is 0 Å². The highest BCUT2D eigenvalue weighted by molar-refractivity contribution is 5.83. The fourth-order valence-electron chi connectivity index (χ4n) is 5.18. The van der Waals surface area contributed by atoms with E-state index in [9.17, 15) is 4.79 Å². The van der Waals surface area contributed by atoms with Gasteiger partial charge in [0, 0.05) is 12.6 Å². The van der Waals surface area contributed by atoms with E-state index in [1.54, 1.807) is 0 Å². The molecule has 4 nitrogen and oxygen atoms in total. The molecule has 0 radical (unpaired) electrons. The number of nitrogens with zero attached hydrogens (tertiary/aromatic N) is 1. The first-order valence-electron chi connectivity index (χ1n) is 17.1. The maximum atomic E-state index is 12.1. The van der Waals surface area contributed by atoms with Crippen LogP contribution in [0.2, 0.25) is 0 Å². The Labute approximate surface area is 263 Å². The lowest BCUT2D eigenvalue weighted by atomic mass is 9.93. The van der Waals surface area contributed by atoms with Gasteiger partial charge in [-0.15, -0.1) is 0 Å². The van der Waals surface area contributed by atoms with Gasteiger partial charge in [-0.2, -0.15) is 0 Å². The molecule has 0 aliphatic carbocycles. The minimum atomic E-state index is -0.129. The molecule has 0 saturated heterocycles. The van der Waals surface area contributed by atoms with E-state index in [0.29, 0.717) is 24.9 Å². The number of rotatable bonds is 23. The van der Waals surface area contributed by atoms with Crippen molar-refractivity contribution in [2.24, 2.45) is 4.99 Å². The summed E-state index contributed by atoms with van der Waals surface area (Å²) in [4.78, 5) is 16.9. The average Bonchev–Trinajstić information content (AvgIpc) is 3.00. The summed E-state index contributed by atoms with van der Waals surface area (Å²) in [5.41, 5.74) is 4.65. The highest BCUT2D eigenvalue weighted by Crippen LogP contribution is 2.34. The van der Waals surface area contributed by atoms with Crippen LogP contribution in [-0.2, 0) is 9.53 Å². The van der Waals surface area contributed by atoms with Crippen molar-refractivity contribution in [2.45, 2.75) is 136 Å². The Morgan fingerprint density at radius 3 is 1.86 bits per heavy atom. The standard InChI is InChI=1S/C39H59NO3/c1-6-7-8-9-10-11-12-13-14-15-16-17-18-19-20-24-38(41)43-30-29-42-35-27-25-34(26-28-35)31-40-39-36(32(2)3)22-21-23-37(39)33(4)5/h13-14,21-23,25-28,31-33H,6-12,15-20,24,29-30H2,1-5H3/b14-13+,40-31?. The Bertz CT molecular complexity index is 1040. The SMILES string of the molecule is CCCCCCCC/C=C/CCCCCCCC(=O)OCCOc1ccc(C=Nc2c(C(C)C)cccc2C(C)C)cc1. The van der Waals surface area contributed by atoms with E-state index in [1.807, 2.05) is 30.5 Å². The summed E-state index contributed by atoms with van der Waals surface area (Å²) in [6.45, 7) is 11.7. The summed E-state index contributed by atoms with van der Waals surface area (Å²) >= 11 is 0. The molecule has 0 bridgehead atoms. The third-order valence-electron chi connectivity index (χ3n) is 7.82. The van der Waals surface area contributed by atoms with Crippen molar-refractivity contribution in [1.29, 1.82) is 0 Å². The van der Waals surface area contributed by atoms with Gasteiger partial charge in [-0.05, 0) is 84.9 Å². The number of hydrogen-bond acceptors (Lipinski definition) is 4. The first-order valence-corrected chi connectivity index (χ1v) is 17.1. The molecule has 0 amide bonds. The van der Waals surface area contributed by atoms with Crippen molar-refractivity contribution < 1.29 is 14.3 Å². The minimum Gasteiger partial charge on any atom is -0.490 e. The molecular formula is C39H59NO3. The molecule has 0 fully saturated rings. The molecule has 0 spiro atoms. The Balaban J connectivity index is 1.54. The number of ether oxygens (including phenoxy) is 2. The lowest BCUT2D eigenvalue weighted by molar-refractivity contribution is -0.144. The van der Waals surface area contributed by atoms with E-state index in [0.717, 1.165) is 29.8 Å². The summed E-state index contributed by atoms with van der Waals surface area (Å²) in [6, 6.07) is 14.4. The van der Waals surface area contributed by atoms with Gasteiger partial charge in [0.2, 0.25) is 0 Å². The molecule has 0 atom stereocenters. The zero-order valence-electron chi connectivity index (χ0n) is 27.9. The van der Waals surface area contributed by atoms with Gasteiger partial charge < -0.3 is 9.47 Å². The third-order valence-corrected chi connectivity index (χ3v) is 7.82. The van der Waals surface area contributed by atoms with Crippen molar-refractivity contribution in [3.63, 3.8) is 0 Å². The fourth-order valence-corrected chi connectivity index (χ4v) is 5.18. The van der Waals surface area contributed by atoms with Crippen molar-refractivity contribution in [3.05, 3.63) is 71.3 Å². The van der Waals surface area contributed by atoms with Crippen LogP contribution in [0.5, 0.6) is 5.75 Å². The first-order chi connectivity index (χ1) is 20.9. The topological polar surface area (TPSA) is 47.9 Å². The summed E-state index contributed by atoms with van der Waals surface area (Å²) in [6.07, 6.45) is 23.4. The normalized spacial score (nSPS) is 11.8. The number of unbranched alkanes of at least 4 members (excludes halogenated alkanes) is 11. The van der Waals surface area contributed by atoms with Gasteiger partial charge in [-0.1, -0.05) is 116 Å².